The molecule has 3 rings (SSSR count). The van der Waals surface area contributed by atoms with Crippen LogP contribution in [0.5, 0.6) is 0 Å². The molecule has 0 unspecified atom stereocenters. The fourth-order valence-corrected chi connectivity index (χ4v) is 3.37. The zero-order valence-electron chi connectivity index (χ0n) is 15.4. The Hall–Kier alpha value is -2.55. The minimum atomic E-state index is -3.71. The minimum absolute atomic E-state index is 0.0639. The second-order valence-corrected chi connectivity index (χ2v) is 7.77. The third-order valence-electron chi connectivity index (χ3n) is 4.42. The van der Waals surface area contributed by atoms with Crippen molar-refractivity contribution in [2.45, 2.75) is 25.3 Å². The van der Waals surface area contributed by atoms with Crippen molar-refractivity contribution in [2.75, 3.05) is 18.4 Å². The Morgan fingerprint density at radius 2 is 1.78 bits per heavy atom. The summed E-state index contributed by atoms with van der Waals surface area (Å²) in [5.74, 6) is 0.456. The highest BCUT2D eigenvalue weighted by atomic mass is 32.2. The predicted molar refractivity (Wildman–Crippen MR) is 107 cm³/mol. The predicted octanol–water partition coefficient (Wildman–Crippen LogP) is 2.86. The van der Waals surface area contributed by atoms with Gasteiger partial charge in [-0.15, -0.1) is 0 Å². The Morgan fingerprint density at radius 3 is 2.41 bits per heavy atom. The van der Waals surface area contributed by atoms with Gasteiger partial charge in [0.05, 0.1) is 10.4 Å². The summed E-state index contributed by atoms with van der Waals surface area (Å²) in [6.45, 7) is 7.05. The van der Waals surface area contributed by atoms with Crippen LogP contribution in [0.2, 0.25) is 0 Å². The summed E-state index contributed by atoms with van der Waals surface area (Å²) in [5.41, 5.74) is 2.73. The molecule has 0 saturated carbocycles. The smallest absolute Gasteiger partial charge is 0.238 e. The quantitative estimate of drug-likeness (QED) is 0.648. The molecule has 1 heterocycles. The number of fused-ring (bicyclic) bond motifs is 1. The van der Waals surface area contributed by atoms with Gasteiger partial charge in [0, 0.05) is 23.8 Å². The molecule has 0 fully saturated rings. The zero-order valence-corrected chi connectivity index (χ0v) is 16.2. The molecule has 0 spiro atoms. The third kappa shape index (κ3) is 4.60. The number of hydrogen-bond acceptors (Lipinski definition) is 6. The van der Waals surface area contributed by atoms with Gasteiger partial charge in [0.15, 0.2) is 0 Å². The van der Waals surface area contributed by atoms with Crippen molar-refractivity contribution in [3.8, 4) is 0 Å². The van der Waals surface area contributed by atoms with Crippen LogP contribution in [0.4, 0.5) is 11.6 Å². The SMILES string of the molecule is CCN(CC)Cc1cccc2cnc(Nc3ccc(S(N)(=O)=O)cc3)nc12. The number of hydrogen-bond donors (Lipinski definition) is 2. The van der Waals surface area contributed by atoms with Crippen LogP contribution in [-0.4, -0.2) is 36.4 Å². The van der Waals surface area contributed by atoms with Crippen molar-refractivity contribution in [3.63, 3.8) is 0 Å². The van der Waals surface area contributed by atoms with E-state index in [1.165, 1.54) is 12.1 Å². The van der Waals surface area contributed by atoms with Crippen LogP contribution in [0.1, 0.15) is 19.4 Å². The maximum absolute atomic E-state index is 11.4. The molecule has 142 valence electrons. The van der Waals surface area contributed by atoms with Gasteiger partial charge in [0.2, 0.25) is 16.0 Å². The number of aromatic nitrogens is 2. The lowest BCUT2D eigenvalue weighted by molar-refractivity contribution is 0.297. The van der Waals surface area contributed by atoms with Crippen LogP contribution in [0.15, 0.2) is 53.6 Å². The van der Waals surface area contributed by atoms with Crippen molar-refractivity contribution in [3.05, 3.63) is 54.2 Å². The van der Waals surface area contributed by atoms with E-state index in [4.69, 9.17) is 5.14 Å². The monoisotopic (exact) mass is 385 g/mol. The summed E-state index contributed by atoms with van der Waals surface area (Å²) in [6, 6.07) is 12.3. The molecule has 0 aliphatic carbocycles. The number of anilines is 2. The van der Waals surface area contributed by atoms with Gasteiger partial charge in [-0.25, -0.2) is 23.5 Å². The Bertz CT molecular complexity index is 1030. The second-order valence-electron chi connectivity index (χ2n) is 6.20. The lowest BCUT2D eigenvalue weighted by atomic mass is 10.1. The first-order chi connectivity index (χ1) is 12.9. The van der Waals surface area contributed by atoms with Crippen LogP contribution in [0, 0.1) is 0 Å². The molecular weight excluding hydrogens is 362 g/mol. The highest BCUT2D eigenvalue weighted by Gasteiger charge is 2.10. The maximum Gasteiger partial charge on any atom is 0.238 e. The number of rotatable bonds is 7. The first kappa shape index (κ1) is 19.2. The molecule has 3 aromatic rings. The van der Waals surface area contributed by atoms with Gasteiger partial charge in [-0.2, -0.15) is 0 Å². The third-order valence-corrected chi connectivity index (χ3v) is 5.35. The first-order valence-corrected chi connectivity index (χ1v) is 10.3. The van der Waals surface area contributed by atoms with Gasteiger partial charge in [-0.1, -0.05) is 32.0 Å². The molecule has 0 amide bonds. The van der Waals surface area contributed by atoms with Crippen molar-refractivity contribution < 1.29 is 8.42 Å². The summed E-state index contributed by atoms with van der Waals surface area (Å²) in [6.07, 6.45) is 1.79. The van der Waals surface area contributed by atoms with Crippen LogP contribution < -0.4 is 10.5 Å². The van der Waals surface area contributed by atoms with E-state index in [2.05, 4.69) is 40.1 Å². The standard InChI is InChI=1S/C19H23N5O2S/c1-3-24(4-2)13-15-7-5-6-14-12-21-19(23-18(14)15)22-16-8-10-17(11-9-16)27(20,25)26/h5-12H,3-4,13H2,1-2H3,(H2,20,25,26)(H,21,22,23). The Balaban J connectivity index is 1.89. The van der Waals surface area contributed by atoms with Gasteiger partial charge in [-0.3, -0.25) is 4.90 Å². The number of nitrogens with one attached hydrogen (secondary N) is 1. The molecule has 0 atom stereocenters. The number of benzene rings is 2. The van der Waals surface area contributed by atoms with Gasteiger partial charge >= 0.3 is 0 Å². The highest BCUT2D eigenvalue weighted by molar-refractivity contribution is 7.89. The first-order valence-electron chi connectivity index (χ1n) is 8.77. The average Bonchev–Trinajstić information content (AvgIpc) is 2.66. The van der Waals surface area contributed by atoms with Crippen LogP contribution in [0.25, 0.3) is 10.9 Å². The summed E-state index contributed by atoms with van der Waals surface area (Å²) in [7, 11) is -3.71. The highest BCUT2D eigenvalue weighted by Crippen LogP contribution is 2.21. The Morgan fingerprint density at radius 1 is 1.07 bits per heavy atom. The van der Waals surface area contributed by atoms with Gasteiger partial charge in [0.1, 0.15) is 0 Å². The average molecular weight is 385 g/mol. The van der Waals surface area contributed by atoms with E-state index in [1.807, 2.05) is 12.1 Å². The fourth-order valence-electron chi connectivity index (χ4n) is 2.85. The number of sulfonamides is 1. The number of nitrogens with two attached hydrogens (primary N) is 1. The second kappa shape index (κ2) is 7.99. The Labute approximate surface area is 159 Å². The van der Waals surface area contributed by atoms with Gasteiger partial charge in [-0.05, 0) is 42.9 Å². The van der Waals surface area contributed by atoms with E-state index in [0.29, 0.717) is 11.6 Å². The lowest BCUT2D eigenvalue weighted by Gasteiger charge is -2.19. The molecule has 0 radical (unpaired) electrons. The van der Waals surface area contributed by atoms with E-state index in [1.54, 1.807) is 18.3 Å². The van der Waals surface area contributed by atoms with E-state index in [9.17, 15) is 8.42 Å². The zero-order chi connectivity index (χ0) is 19.4. The summed E-state index contributed by atoms with van der Waals surface area (Å²) in [5, 5.41) is 9.22. The summed E-state index contributed by atoms with van der Waals surface area (Å²) >= 11 is 0. The van der Waals surface area contributed by atoms with E-state index in [-0.39, 0.29) is 4.90 Å². The number of primary sulfonamides is 1. The molecule has 2 aromatic carbocycles. The number of para-hydroxylation sites is 1. The minimum Gasteiger partial charge on any atom is -0.324 e. The molecular formula is C19H23N5O2S. The van der Waals surface area contributed by atoms with Gasteiger partial charge < -0.3 is 5.32 Å². The maximum atomic E-state index is 11.4. The van der Waals surface area contributed by atoms with Gasteiger partial charge in [0.25, 0.3) is 0 Å². The summed E-state index contributed by atoms with van der Waals surface area (Å²) in [4.78, 5) is 11.4. The number of nitrogens with zero attached hydrogens (tertiary/aromatic N) is 3. The summed E-state index contributed by atoms with van der Waals surface area (Å²) < 4.78 is 22.7. The normalized spacial score (nSPS) is 11.9. The van der Waals surface area contributed by atoms with Crippen molar-refractivity contribution in [2.24, 2.45) is 5.14 Å². The molecule has 8 heteroatoms. The van der Waals surface area contributed by atoms with Crippen molar-refractivity contribution in [1.29, 1.82) is 0 Å². The van der Waals surface area contributed by atoms with Crippen molar-refractivity contribution in [1.82, 2.24) is 14.9 Å². The van der Waals surface area contributed by atoms with Crippen LogP contribution in [-0.2, 0) is 16.6 Å². The Kier molecular flexibility index (Phi) is 5.69. The van der Waals surface area contributed by atoms with Crippen LogP contribution in [0.3, 0.4) is 0 Å². The largest absolute Gasteiger partial charge is 0.324 e. The molecule has 0 aliphatic rings. The van der Waals surface area contributed by atoms with E-state index < -0.39 is 10.0 Å². The topological polar surface area (TPSA) is 101 Å². The van der Waals surface area contributed by atoms with E-state index >= 15 is 0 Å². The van der Waals surface area contributed by atoms with Crippen molar-refractivity contribution >= 4 is 32.6 Å². The molecule has 0 saturated heterocycles. The molecule has 3 N–H and O–H groups in total. The molecule has 0 aliphatic heterocycles. The van der Waals surface area contributed by atoms with Crippen LogP contribution >= 0.6 is 0 Å². The fraction of sp³-hybridized carbons (Fsp3) is 0.263. The lowest BCUT2D eigenvalue weighted by Crippen LogP contribution is -2.22. The molecule has 0 bridgehead atoms. The molecule has 7 nitrogen and oxygen atoms in total. The van der Waals surface area contributed by atoms with E-state index in [0.717, 1.165) is 36.1 Å². The molecule has 27 heavy (non-hydrogen) atoms. The molecule has 1 aromatic heterocycles.